The number of hydrogen-bond acceptors (Lipinski definition) is 3. The maximum atomic E-state index is 12.0. The second-order valence-electron chi connectivity index (χ2n) is 5.08. The molecule has 0 N–H and O–H groups in total. The van der Waals surface area contributed by atoms with Crippen molar-refractivity contribution in [3.63, 3.8) is 0 Å². The van der Waals surface area contributed by atoms with E-state index in [1.807, 2.05) is 12.1 Å². The molecule has 2 aliphatic heterocycles. The molecular weight excluding hydrogens is 248 g/mol. The standard InChI is InChI=1S/C13H16N2O2S/c1-10-5-4-8-15(9-10)13-11-6-2-3-7-12(11)18(16,17)14-13/h2-3,6-7,10H,4-5,8-9H2,1H3. The minimum atomic E-state index is -3.48. The molecule has 1 fully saturated rings. The third-order valence-electron chi connectivity index (χ3n) is 3.57. The summed E-state index contributed by atoms with van der Waals surface area (Å²) in [6.07, 6.45) is 2.31. The van der Waals surface area contributed by atoms with Crippen LogP contribution in [-0.2, 0) is 10.0 Å². The van der Waals surface area contributed by atoms with Gasteiger partial charge in [0.2, 0.25) is 0 Å². The Morgan fingerprint density at radius 1 is 1.33 bits per heavy atom. The number of benzene rings is 1. The van der Waals surface area contributed by atoms with Gasteiger partial charge in [0.15, 0.2) is 5.84 Å². The van der Waals surface area contributed by atoms with E-state index in [-0.39, 0.29) is 0 Å². The van der Waals surface area contributed by atoms with Crippen molar-refractivity contribution in [1.29, 1.82) is 0 Å². The molecule has 0 aromatic heterocycles. The van der Waals surface area contributed by atoms with Gasteiger partial charge in [-0.2, -0.15) is 8.42 Å². The Labute approximate surface area is 107 Å². The predicted octanol–water partition coefficient (Wildman–Crippen LogP) is 1.87. The van der Waals surface area contributed by atoms with Gasteiger partial charge in [-0.05, 0) is 30.9 Å². The minimum absolute atomic E-state index is 0.346. The van der Waals surface area contributed by atoms with Crippen LogP contribution in [0, 0.1) is 5.92 Å². The Morgan fingerprint density at radius 2 is 2.11 bits per heavy atom. The molecule has 1 aromatic rings. The molecule has 2 aliphatic rings. The Kier molecular flexibility index (Phi) is 2.66. The zero-order valence-electron chi connectivity index (χ0n) is 10.3. The molecule has 5 heteroatoms. The van der Waals surface area contributed by atoms with Gasteiger partial charge in [-0.3, -0.25) is 0 Å². The summed E-state index contributed by atoms with van der Waals surface area (Å²) in [5, 5.41) is 0. The number of hydrogen-bond donors (Lipinski definition) is 0. The van der Waals surface area contributed by atoms with E-state index in [9.17, 15) is 8.42 Å². The quantitative estimate of drug-likeness (QED) is 0.718. The Bertz CT molecular complexity index is 607. The Morgan fingerprint density at radius 3 is 2.89 bits per heavy atom. The summed E-state index contributed by atoms with van der Waals surface area (Å²) in [4.78, 5) is 2.45. The first kappa shape index (κ1) is 11.7. The number of rotatable bonds is 0. The van der Waals surface area contributed by atoms with E-state index in [4.69, 9.17) is 0 Å². The summed E-state index contributed by atoms with van der Waals surface area (Å²) in [7, 11) is -3.48. The molecule has 18 heavy (non-hydrogen) atoms. The van der Waals surface area contributed by atoms with Crippen LogP contribution in [0.3, 0.4) is 0 Å². The molecule has 0 bridgehead atoms. The molecule has 2 heterocycles. The van der Waals surface area contributed by atoms with Gasteiger partial charge < -0.3 is 4.90 Å². The van der Waals surface area contributed by atoms with E-state index in [0.29, 0.717) is 16.6 Å². The van der Waals surface area contributed by atoms with Crippen LogP contribution in [0.1, 0.15) is 25.3 Å². The van der Waals surface area contributed by atoms with Gasteiger partial charge in [0.25, 0.3) is 10.0 Å². The van der Waals surface area contributed by atoms with Crippen LogP contribution < -0.4 is 0 Å². The highest BCUT2D eigenvalue weighted by molar-refractivity contribution is 7.90. The first-order valence-corrected chi connectivity index (χ1v) is 7.71. The second kappa shape index (κ2) is 4.09. The summed E-state index contributed by atoms with van der Waals surface area (Å²) in [6.45, 7) is 3.98. The van der Waals surface area contributed by atoms with E-state index < -0.39 is 10.0 Å². The highest BCUT2D eigenvalue weighted by atomic mass is 32.2. The highest BCUT2D eigenvalue weighted by Gasteiger charge is 2.32. The maximum Gasteiger partial charge on any atom is 0.285 e. The topological polar surface area (TPSA) is 49.7 Å². The highest BCUT2D eigenvalue weighted by Crippen LogP contribution is 2.29. The van der Waals surface area contributed by atoms with Crippen LogP contribution >= 0.6 is 0 Å². The van der Waals surface area contributed by atoms with Crippen molar-refractivity contribution in [2.45, 2.75) is 24.7 Å². The third-order valence-corrected chi connectivity index (χ3v) is 4.89. The minimum Gasteiger partial charge on any atom is -0.355 e. The van der Waals surface area contributed by atoms with Gasteiger partial charge >= 0.3 is 0 Å². The molecule has 0 amide bonds. The van der Waals surface area contributed by atoms with Crippen LogP contribution in [0.4, 0.5) is 0 Å². The first-order valence-electron chi connectivity index (χ1n) is 6.27. The van der Waals surface area contributed by atoms with Crippen molar-refractivity contribution in [1.82, 2.24) is 4.90 Å². The molecule has 4 nitrogen and oxygen atoms in total. The summed E-state index contributed by atoms with van der Waals surface area (Å²) in [6, 6.07) is 7.09. The van der Waals surface area contributed by atoms with Crippen LogP contribution in [0.25, 0.3) is 0 Å². The summed E-state index contributed by atoms with van der Waals surface area (Å²) in [5.41, 5.74) is 0.756. The molecule has 0 aliphatic carbocycles. The predicted molar refractivity (Wildman–Crippen MR) is 70.1 cm³/mol. The van der Waals surface area contributed by atoms with Gasteiger partial charge in [0, 0.05) is 18.7 Å². The lowest BCUT2D eigenvalue weighted by molar-refractivity contribution is 0.274. The lowest BCUT2D eigenvalue weighted by Crippen LogP contribution is -2.39. The van der Waals surface area contributed by atoms with Gasteiger partial charge in [-0.25, -0.2) is 0 Å². The van der Waals surface area contributed by atoms with Gasteiger partial charge in [-0.15, -0.1) is 4.40 Å². The summed E-state index contributed by atoms with van der Waals surface area (Å²) >= 11 is 0. The fourth-order valence-corrected chi connectivity index (χ4v) is 3.93. The molecule has 0 saturated carbocycles. The fraction of sp³-hybridized carbons (Fsp3) is 0.462. The normalized spacial score (nSPS) is 25.7. The van der Waals surface area contributed by atoms with Crippen molar-refractivity contribution in [2.75, 3.05) is 13.1 Å². The number of fused-ring (bicyclic) bond motifs is 1. The van der Waals surface area contributed by atoms with E-state index in [0.717, 1.165) is 25.1 Å². The largest absolute Gasteiger partial charge is 0.355 e. The number of nitrogens with zero attached hydrogens (tertiary/aromatic N) is 2. The summed E-state index contributed by atoms with van der Waals surface area (Å²) in [5.74, 6) is 1.23. The van der Waals surface area contributed by atoms with Gasteiger partial charge in [-0.1, -0.05) is 19.1 Å². The number of amidine groups is 1. The third kappa shape index (κ3) is 1.82. The van der Waals surface area contributed by atoms with E-state index in [1.165, 1.54) is 6.42 Å². The molecule has 96 valence electrons. The SMILES string of the molecule is CC1CCCN(C2=NS(=O)(=O)c3ccccc32)C1. The van der Waals surface area contributed by atoms with Crippen LogP contribution in [0.2, 0.25) is 0 Å². The monoisotopic (exact) mass is 264 g/mol. The van der Waals surface area contributed by atoms with Crippen molar-refractivity contribution >= 4 is 15.9 Å². The van der Waals surface area contributed by atoms with E-state index >= 15 is 0 Å². The molecular formula is C13H16N2O2S. The van der Waals surface area contributed by atoms with Crippen molar-refractivity contribution in [3.05, 3.63) is 29.8 Å². The Hall–Kier alpha value is -1.36. The van der Waals surface area contributed by atoms with Crippen LogP contribution in [0.5, 0.6) is 0 Å². The molecule has 3 rings (SSSR count). The lowest BCUT2D eigenvalue weighted by Gasteiger charge is -2.32. The van der Waals surface area contributed by atoms with Crippen molar-refractivity contribution in [2.24, 2.45) is 10.3 Å². The number of piperidine rings is 1. The van der Waals surface area contributed by atoms with Crippen molar-refractivity contribution < 1.29 is 8.42 Å². The second-order valence-corrected chi connectivity index (χ2v) is 6.65. The molecule has 1 aromatic carbocycles. The zero-order chi connectivity index (χ0) is 12.8. The summed E-state index contributed by atoms with van der Waals surface area (Å²) < 4.78 is 27.9. The fourth-order valence-electron chi connectivity index (χ4n) is 2.70. The number of sulfonamides is 1. The molecule has 1 atom stereocenters. The van der Waals surface area contributed by atoms with E-state index in [1.54, 1.807) is 12.1 Å². The lowest BCUT2D eigenvalue weighted by atomic mass is 9.99. The average Bonchev–Trinajstić information content (AvgIpc) is 2.63. The first-order chi connectivity index (χ1) is 8.58. The molecule has 0 radical (unpaired) electrons. The number of likely N-dealkylation sites (tertiary alicyclic amines) is 1. The average molecular weight is 264 g/mol. The van der Waals surface area contributed by atoms with Crippen LogP contribution in [0.15, 0.2) is 33.6 Å². The van der Waals surface area contributed by atoms with E-state index in [2.05, 4.69) is 16.2 Å². The maximum absolute atomic E-state index is 12.0. The zero-order valence-corrected chi connectivity index (χ0v) is 11.2. The van der Waals surface area contributed by atoms with Gasteiger partial charge in [0.05, 0.1) is 0 Å². The van der Waals surface area contributed by atoms with Gasteiger partial charge in [0.1, 0.15) is 4.90 Å². The van der Waals surface area contributed by atoms with Crippen molar-refractivity contribution in [3.8, 4) is 0 Å². The molecule has 1 unspecified atom stereocenters. The molecule has 1 saturated heterocycles. The smallest absolute Gasteiger partial charge is 0.285 e. The van der Waals surface area contributed by atoms with Crippen LogP contribution in [-0.4, -0.2) is 32.2 Å². The molecule has 0 spiro atoms. The Balaban J connectivity index is 2.04.